The van der Waals surface area contributed by atoms with Gasteiger partial charge >= 0.3 is 0 Å². The average molecular weight is 396 g/mol. The third-order valence-corrected chi connectivity index (χ3v) is 6.87. The van der Waals surface area contributed by atoms with Crippen LogP contribution >= 0.6 is 11.6 Å². The van der Waals surface area contributed by atoms with Gasteiger partial charge < -0.3 is 19.3 Å². The van der Waals surface area contributed by atoms with Gasteiger partial charge in [0.05, 0.1) is 11.1 Å². The van der Waals surface area contributed by atoms with Crippen LogP contribution in [0.1, 0.15) is 42.6 Å². The predicted molar refractivity (Wildman–Crippen MR) is 104 cm³/mol. The van der Waals surface area contributed by atoms with Crippen LogP contribution in [0.5, 0.6) is 0 Å². The SMILES string of the molecule is Cn1cc(Cl)cc1C(=O)N1CCC2(CC1)CC(O)CN(C1CCOCC1)C2. The molecule has 27 heavy (non-hydrogen) atoms. The number of carbonyl (C=O) groups is 1. The number of aliphatic hydroxyl groups is 1. The Hall–Kier alpha value is -1.08. The Balaban J connectivity index is 1.40. The maximum absolute atomic E-state index is 12.9. The van der Waals surface area contributed by atoms with Crippen molar-refractivity contribution in [1.29, 1.82) is 0 Å². The first-order valence-electron chi connectivity index (χ1n) is 10.1. The van der Waals surface area contributed by atoms with Crippen LogP contribution in [0.25, 0.3) is 0 Å². The molecule has 1 spiro atoms. The highest BCUT2D eigenvalue weighted by Crippen LogP contribution is 2.41. The number of amides is 1. The maximum Gasteiger partial charge on any atom is 0.270 e. The number of rotatable bonds is 2. The lowest BCUT2D eigenvalue weighted by Gasteiger charge is -2.51. The van der Waals surface area contributed by atoms with E-state index in [9.17, 15) is 9.90 Å². The lowest BCUT2D eigenvalue weighted by molar-refractivity contribution is -0.0695. The third-order valence-electron chi connectivity index (χ3n) is 6.66. The highest BCUT2D eigenvalue weighted by Gasteiger charge is 2.44. The summed E-state index contributed by atoms with van der Waals surface area (Å²) < 4.78 is 7.30. The zero-order valence-electron chi connectivity index (χ0n) is 16.1. The Morgan fingerprint density at radius 1 is 1.30 bits per heavy atom. The van der Waals surface area contributed by atoms with Crippen LogP contribution in [0.2, 0.25) is 5.02 Å². The van der Waals surface area contributed by atoms with Gasteiger partial charge in [0.1, 0.15) is 5.69 Å². The molecule has 1 amide bonds. The summed E-state index contributed by atoms with van der Waals surface area (Å²) in [6, 6.07) is 2.27. The zero-order chi connectivity index (χ0) is 19.0. The van der Waals surface area contributed by atoms with Crippen molar-refractivity contribution in [2.45, 2.75) is 44.2 Å². The molecular formula is C20H30ClN3O3. The van der Waals surface area contributed by atoms with Crippen molar-refractivity contribution in [3.63, 3.8) is 0 Å². The molecule has 150 valence electrons. The molecule has 3 aliphatic rings. The molecule has 0 radical (unpaired) electrons. The van der Waals surface area contributed by atoms with Crippen LogP contribution in [-0.4, -0.2) is 76.9 Å². The first kappa shape index (κ1) is 19.2. The number of hydrogen-bond donors (Lipinski definition) is 1. The van der Waals surface area contributed by atoms with Gasteiger partial charge in [-0.15, -0.1) is 0 Å². The number of aromatic nitrogens is 1. The Kier molecular flexibility index (Phi) is 5.52. The van der Waals surface area contributed by atoms with Crippen LogP contribution < -0.4 is 0 Å². The standard InChI is InChI=1S/C20H30ClN3O3/c1-22-12-15(21)10-18(22)19(26)23-6-4-20(5-7-23)11-17(25)13-24(14-20)16-2-8-27-9-3-16/h10,12,16-17,25H,2-9,11,13-14H2,1H3. The van der Waals surface area contributed by atoms with E-state index in [4.69, 9.17) is 16.3 Å². The minimum absolute atomic E-state index is 0.0527. The van der Waals surface area contributed by atoms with Gasteiger partial charge in [-0.2, -0.15) is 0 Å². The molecule has 3 saturated heterocycles. The van der Waals surface area contributed by atoms with E-state index in [0.717, 1.165) is 71.5 Å². The molecular weight excluding hydrogens is 366 g/mol. The van der Waals surface area contributed by atoms with E-state index in [-0.39, 0.29) is 17.4 Å². The molecule has 4 heterocycles. The minimum atomic E-state index is -0.268. The predicted octanol–water partition coefficient (Wildman–Crippen LogP) is 2.15. The number of β-amino-alcohol motifs (C(OH)–C–C–N with tert-alkyl or cyclic N) is 1. The van der Waals surface area contributed by atoms with Crippen LogP contribution in [-0.2, 0) is 11.8 Å². The van der Waals surface area contributed by atoms with Crippen molar-refractivity contribution in [1.82, 2.24) is 14.4 Å². The van der Waals surface area contributed by atoms with E-state index >= 15 is 0 Å². The monoisotopic (exact) mass is 395 g/mol. The maximum atomic E-state index is 12.9. The molecule has 1 atom stereocenters. The summed E-state index contributed by atoms with van der Waals surface area (Å²) in [6.07, 6.45) is 6.37. The smallest absolute Gasteiger partial charge is 0.270 e. The summed E-state index contributed by atoms with van der Waals surface area (Å²) >= 11 is 6.04. The Morgan fingerprint density at radius 3 is 2.63 bits per heavy atom. The van der Waals surface area contributed by atoms with Crippen molar-refractivity contribution in [3.8, 4) is 0 Å². The number of ether oxygens (including phenoxy) is 1. The van der Waals surface area contributed by atoms with E-state index in [1.165, 1.54) is 0 Å². The molecule has 0 aromatic carbocycles. The average Bonchev–Trinajstić information content (AvgIpc) is 3.00. The minimum Gasteiger partial charge on any atom is -0.392 e. The van der Waals surface area contributed by atoms with Gasteiger partial charge in [0.15, 0.2) is 0 Å². The molecule has 0 bridgehead atoms. The molecule has 1 aromatic heterocycles. The summed E-state index contributed by atoms with van der Waals surface area (Å²) in [5.74, 6) is 0.0527. The van der Waals surface area contributed by atoms with Crippen molar-refractivity contribution in [2.75, 3.05) is 39.4 Å². The Bertz CT molecular complexity index is 678. The van der Waals surface area contributed by atoms with Crippen molar-refractivity contribution in [2.24, 2.45) is 12.5 Å². The fourth-order valence-corrected chi connectivity index (χ4v) is 5.42. The van der Waals surface area contributed by atoms with E-state index in [2.05, 4.69) is 4.90 Å². The van der Waals surface area contributed by atoms with Gasteiger partial charge in [0, 0.05) is 58.7 Å². The summed E-state index contributed by atoms with van der Waals surface area (Å²) in [4.78, 5) is 17.3. The second-order valence-corrected chi connectivity index (χ2v) is 9.01. The van der Waals surface area contributed by atoms with Crippen molar-refractivity contribution < 1.29 is 14.6 Å². The number of carbonyl (C=O) groups excluding carboxylic acids is 1. The van der Waals surface area contributed by atoms with E-state index in [1.807, 2.05) is 11.9 Å². The Morgan fingerprint density at radius 2 is 2.00 bits per heavy atom. The van der Waals surface area contributed by atoms with Crippen molar-refractivity contribution >= 4 is 17.5 Å². The fourth-order valence-electron chi connectivity index (χ4n) is 5.17. The van der Waals surface area contributed by atoms with Gasteiger partial charge in [0.25, 0.3) is 5.91 Å². The fraction of sp³-hybridized carbons (Fsp3) is 0.750. The normalized spacial score (nSPS) is 27.2. The van der Waals surface area contributed by atoms with Gasteiger partial charge in [-0.3, -0.25) is 9.69 Å². The lowest BCUT2D eigenvalue weighted by Crippen LogP contribution is -2.57. The molecule has 0 aliphatic carbocycles. The van der Waals surface area contributed by atoms with Gasteiger partial charge in [0.2, 0.25) is 0 Å². The molecule has 3 fully saturated rings. The van der Waals surface area contributed by atoms with Crippen LogP contribution in [0.3, 0.4) is 0 Å². The number of halogens is 1. The van der Waals surface area contributed by atoms with E-state index < -0.39 is 0 Å². The highest BCUT2D eigenvalue weighted by atomic mass is 35.5. The number of likely N-dealkylation sites (tertiary alicyclic amines) is 2. The molecule has 3 aliphatic heterocycles. The third kappa shape index (κ3) is 4.04. The van der Waals surface area contributed by atoms with Crippen molar-refractivity contribution in [3.05, 3.63) is 23.0 Å². The number of nitrogens with zero attached hydrogens (tertiary/aromatic N) is 3. The number of aryl methyl sites for hydroxylation is 1. The van der Waals surface area contributed by atoms with Gasteiger partial charge in [-0.05, 0) is 43.6 Å². The molecule has 1 aromatic rings. The molecule has 7 heteroatoms. The quantitative estimate of drug-likeness (QED) is 0.833. The first-order valence-corrected chi connectivity index (χ1v) is 10.4. The summed E-state index contributed by atoms with van der Waals surface area (Å²) in [5, 5.41) is 11.1. The molecule has 6 nitrogen and oxygen atoms in total. The van der Waals surface area contributed by atoms with Crippen LogP contribution in [0.15, 0.2) is 12.3 Å². The zero-order valence-corrected chi connectivity index (χ0v) is 16.8. The van der Waals surface area contributed by atoms with Crippen LogP contribution in [0, 0.1) is 5.41 Å². The number of aliphatic hydroxyl groups excluding tert-OH is 1. The van der Waals surface area contributed by atoms with Gasteiger partial charge in [-0.25, -0.2) is 0 Å². The van der Waals surface area contributed by atoms with Crippen LogP contribution in [0.4, 0.5) is 0 Å². The summed E-state index contributed by atoms with van der Waals surface area (Å²) in [7, 11) is 1.85. The lowest BCUT2D eigenvalue weighted by atomic mass is 9.71. The molecule has 0 saturated carbocycles. The molecule has 4 rings (SSSR count). The topological polar surface area (TPSA) is 57.9 Å². The summed E-state index contributed by atoms with van der Waals surface area (Å²) in [5.41, 5.74) is 0.766. The largest absolute Gasteiger partial charge is 0.392 e. The number of piperidine rings is 2. The second kappa shape index (κ2) is 7.74. The second-order valence-electron chi connectivity index (χ2n) is 8.58. The van der Waals surface area contributed by atoms with Gasteiger partial charge in [-0.1, -0.05) is 11.6 Å². The highest BCUT2D eigenvalue weighted by molar-refractivity contribution is 6.31. The first-order chi connectivity index (χ1) is 13.0. The Labute approximate surface area is 166 Å². The van der Waals surface area contributed by atoms with E-state index in [0.29, 0.717) is 16.8 Å². The number of hydrogen-bond acceptors (Lipinski definition) is 4. The molecule has 1 N–H and O–H groups in total. The summed E-state index contributed by atoms with van der Waals surface area (Å²) in [6.45, 7) is 4.95. The molecule has 1 unspecified atom stereocenters. The van der Waals surface area contributed by atoms with E-state index in [1.54, 1.807) is 16.8 Å².